The van der Waals surface area contributed by atoms with Crippen LogP contribution < -0.4 is 5.73 Å². The van der Waals surface area contributed by atoms with E-state index in [0.717, 1.165) is 16.5 Å². The average Bonchev–Trinajstić information content (AvgIpc) is 2.73. The Balaban J connectivity index is 2.86. The Labute approximate surface area is 138 Å². The molecular formula is C19H28N2O2. The van der Waals surface area contributed by atoms with Crippen LogP contribution in [0, 0.1) is 0 Å². The number of aromatic nitrogens is 1. The van der Waals surface area contributed by atoms with Gasteiger partial charge in [0.25, 0.3) is 0 Å². The van der Waals surface area contributed by atoms with Crippen LogP contribution in [0.15, 0.2) is 24.3 Å². The summed E-state index contributed by atoms with van der Waals surface area (Å²) in [5.41, 5.74) is 9.01. The minimum atomic E-state index is -0.961. The molecule has 0 fully saturated rings. The van der Waals surface area contributed by atoms with Gasteiger partial charge in [0.2, 0.25) is 0 Å². The van der Waals surface area contributed by atoms with E-state index >= 15 is 0 Å². The predicted octanol–water partition coefficient (Wildman–Crippen LogP) is 3.65. The highest BCUT2D eigenvalue weighted by Gasteiger charge is 2.32. The average molecular weight is 316 g/mol. The third-order valence-electron chi connectivity index (χ3n) is 4.10. The minimum absolute atomic E-state index is 0.103. The molecule has 1 aromatic carbocycles. The lowest BCUT2D eigenvalue weighted by Gasteiger charge is -2.32. The zero-order valence-corrected chi connectivity index (χ0v) is 15.0. The Hall–Kier alpha value is -1.81. The van der Waals surface area contributed by atoms with E-state index in [-0.39, 0.29) is 11.0 Å². The molecule has 0 spiro atoms. The van der Waals surface area contributed by atoms with Crippen LogP contribution in [0.25, 0.3) is 10.9 Å². The second-order valence-electron chi connectivity index (χ2n) is 8.25. The van der Waals surface area contributed by atoms with Crippen molar-refractivity contribution in [2.24, 2.45) is 5.73 Å². The van der Waals surface area contributed by atoms with Gasteiger partial charge in [-0.2, -0.15) is 0 Å². The second-order valence-corrected chi connectivity index (χ2v) is 8.25. The SMILES string of the molecule is CC(C)(C)c1c(CC(N)C(=O)O)c2ccccc2n1C(C)(C)C. The molecule has 0 saturated carbocycles. The molecule has 1 aromatic heterocycles. The monoisotopic (exact) mass is 316 g/mol. The number of fused-ring (bicyclic) bond motifs is 1. The molecule has 0 amide bonds. The number of hydrogen-bond acceptors (Lipinski definition) is 2. The Kier molecular flexibility index (Phi) is 4.33. The van der Waals surface area contributed by atoms with Crippen molar-refractivity contribution in [3.8, 4) is 0 Å². The Morgan fingerprint density at radius 1 is 1.17 bits per heavy atom. The zero-order valence-electron chi connectivity index (χ0n) is 15.0. The summed E-state index contributed by atoms with van der Waals surface area (Å²) in [6, 6.07) is 7.30. The van der Waals surface area contributed by atoms with Gasteiger partial charge in [-0.25, -0.2) is 0 Å². The van der Waals surface area contributed by atoms with Gasteiger partial charge in [-0.05, 0) is 32.4 Å². The van der Waals surface area contributed by atoms with Gasteiger partial charge in [0.05, 0.1) is 0 Å². The molecule has 4 heteroatoms. The largest absolute Gasteiger partial charge is 0.480 e. The molecule has 0 saturated heterocycles. The number of benzene rings is 1. The maximum Gasteiger partial charge on any atom is 0.320 e. The van der Waals surface area contributed by atoms with Crippen LogP contribution in [0.3, 0.4) is 0 Å². The maximum atomic E-state index is 11.3. The molecule has 126 valence electrons. The summed E-state index contributed by atoms with van der Waals surface area (Å²) in [6.45, 7) is 13.0. The van der Waals surface area contributed by atoms with Crippen molar-refractivity contribution in [3.05, 3.63) is 35.5 Å². The topological polar surface area (TPSA) is 68.2 Å². The van der Waals surface area contributed by atoms with Crippen molar-refractivity contribution >= 4 is 16.9 Å². The molecule has 2 rings (SSSR count). The molecule has 23 heavy (non-hydrogen) atoms. The van der Waals surface area contributed by atoms with E-state index in [1.165, 1.54) is 5.69 Å². The normalized spacial score (nSPS) is 14.2. The van der Waals surface area contributed by atoms with Crippen LogP contribution >= 0.6 is 0 Å². The van der Waals surface area contributed by atoms with E-state index in [9.17, 15) is 9.90 Å². The third-order valence-corrected chi connectivity index (χ3v) is 4.10. The number of hydrogen-bond donors (Lipinski definition) is 2. The van der Waals surface area contributed by atoms with Gasteiger partial charge in [0, 0.05) is 34.0 Å². The lowest BCUT2D eigenvalue weighted by molar-refractivity contribution is -0.138. The maximum absolute atomic E-state index is 11.3. The number of nitrogens with two attached hydrogens (primary N) is 1. The van der Waals surface area contributed by atoms with Gasteiger partial charge in [0.15, 0.2) is 0 Å². The van der Waals surface area contributed by atoms with Crippen LogP contribution in [0.1, 0.15) is 52.8 Å². The van der Waals surface area contributed by atoms with Gasteiger partial charge in [0.1, 0.15) is 6.04 Å². The second kappa shape index (κ2) is 5.68. The molecule has 3 N–H and O–H groups in total. The third kappa shape index (κ3) is 3.27. The van der Waals surface area contributed by atoms with Crippen LogP contribution in [0.5, 0.6) is 0 Å². The van der Waals surface area contributed by atoms with Crippen molar-refractivity contribution in [1.29, 1.82) is 0 Å². The van der Waals surface area contributed by atoms with Crippen LogP contribution in [-0.2, 0) is 22.2 Å². The van der Waals surface area contributed by atoms with Crippen molar-refractivity contribution in [2.45, 2.75) is 65.0 Å². The van der Waals surface area contributed by atoms with E-state index in [2.05, 4.69) is 58.2 Å². The van der Waals surface area contributed by atoms with Crippen molar-refractivity contribution in [1.82, 2.24) is 4.57 Å². The summed E-state index contributed by atoms with van der Waals surface area (Å²) in [7, 11) is 0. The van der Waals surface area contributed by atoms with E-state index in [1.54, 1.807) is 0 Å². The Bertz CT molecular complexity index is 730. The zero-order chi connectivity index (χ0) is 17.6. The van der Waals surface area contributed by atoms with Crippen LogP contribution in [-0.4, -0.2) is 21.7 Å². The summed E-state index contributed by atoms with van der Waals surface area (Å²) < 4.78 is 2.34. The molecule has 2 aromatic rings. The molecule has 0 aliphatic carbocycles. The fourth-order valence-corrected chi connectivity index (χ4v) is 3.31. The lowest BCUT2D eigenvalue weighted by atomic mass is 9.86. The summed E-state index contributed by atoms with van der Waals surface area (Å²) in [4.78, 5) is 11.3. The number of aliphatic carboxylic acids is 1. The highest BCUT2D eigenvalue weighted by atomic mass is 16.4. The number of carboxylic acids is 1. The number of carboxylic acid groups (broad SMARTS) is 1. The van der Waals surface area contributed by atoms with E-state index in [0.29, 0.717) is 6.42 Å². The van der Waals surface area contributed by atoms with E-state index in [4.69, 9.17) is 5.73 Å². The smallest absolute Gasteiger partial charge is 0.320 e. The first-order valence-corrected chi connectivity index (χ1v) is 8.06. The Morgan fingerprint density at radius 2 is 1.74 bits per heavy atom. The molecule has 0 aliphatic rings. The minimum Gasteiger partial charge on any atom is -0.480 e. The van der Waals surface area contributed by atoms with E-state index in [1.807, 2.05) is 12.1 Å². The molecule has 0 aliphatic heterocycles. The first-order chi connectivity index (χ1) is 10.4. The first-order valence-electron chi connectivity index (χ1n) is 8.06. The van der Waals surface area contributed by atoms with Gasteiger partial charge < -0.3 is 15.4 Å². The van der Waals surface area contributed by atoms with Gasteiger partial charge in [-0.15, -0.1) is 0 Å². The summed E-state index contributed by atoms with van der Waals surface area (Å²) in [6.07, 6.45) is 0.339. The molecular weight excluding hydrogens is 288 g/mol. The van der Waals surface area contributed by atoms with Crippen molar-refractivity contribution in [3.63, 3.8) is 0 Å². The standard InChI is InChI=1S/C19H28N2O2/c1-18(2,3)16-13(11-14(20)17(22)23)12-9-7-8-10-15(12)21(16)19(4,5)6/h7-10,14H,11,20H2,1-6H3,(H,22,23). The van der Waals surface area contributed by atoms with Gasteiger partial charge in [-0.3, -0.25) is 4.79 Å². The number of nitrogens with zero attached hydrogens (tertiary/aromatic N) is 1. The quantitative estimate of drug-likeness (QED) is 0.908. The van der Waals surface area contributed by atoms with E-state index < -0.39 is 12.0 Å². The van der Waals surface area contributed by atoms with Gasteiger partial charge >= 0.3 is 5.97 Å². The fourth-order valence-electron chi connectivity index (χ4n) is 3.31. The molecule has 4 nitrogen and oxygen atoms in total. The summed E-state index contributed by atoms with van der Waals surface area (Å²) in [5, 5.41) is 10.3. The molecule has 0 radical (unpaired) electrons. The summed E-state index contributed by atoms with van der Waals surface area (Å²) in [5.74, 6) is -0.961. The van der Waals surface area contributed by atoms with Crippen molar-refractivity contribution in [2.75, 3.05) is 0 Å². The molecule has 1 unspecified atom stereocenters. The molecule has 0 bridgehead atoms. The highest BCUT2D eigenvalue weighted by Crippen LogP contribution is 2.39. The number of para-hydroxylation sites is 1. The highest BCUT2D eigenvalue weighted by molar-refractivity contribution is 5.87. The number of rotatable bonds is 3. The first kappa shape index (κ1) is 17.5. The van der Waals surface area contributed by atoms with Crippen LogP contribution in [0.2, 0.25) is 0 Å². The lowest BCUT2D eigenvalue weighted by Crippen LogP contribution is -2.34. The fraction of sp³-hybridized carbons (Fsp3) is 0.526. The Morgan fingerprint density at radius 3 is 2.22 bits per heavy atom. The number of carbonyl (C=O) groups is 1. The predicted molar refractivity (Wildman–Crippen MR) is 94.9 cm³/mol. The molecule has 1 heterocycles. The van der Waals surface area contributed by atoms with Crippen molar-refractivity contribution < 1.29 is 9.90 Å². The van der Waals surface area contributed by atoms with Crippen LogP contribution in [0.4, 0.5) is 0 Å². The summed E-state index contributed by atoms with van der Waals surface area (Å²) >= 11 is 0. The molecule has 1 atom stereocenters. The van der Waals surface area contributed by atoms with Gasteiger partial charge in [-0.1, -0.05) is 39.0 Å².